The van der Waals surface area contributed by atoms with E-state index in [0.29, 0.717) is 22.4 Å². The Morgan fingerprint density at radius 3 is 2.62 bits per heavy atom. The molecule has 0 amide bonds. The van der Waals surface area contributed by atoms with Crippen LogP contribution in [-0.2, 0) is 6.54 Å². The van der Waals surface area contributed by atoms with Crippen LogP contribution in [0, 0.1) is 11.3 Å². The molecule has 0 aliphatic heterocycles. The van der Waals surface area contributed by atoms with Crippen LogP contribution in [-0.4, -0.2) is 29.9 Å². The van der Waals surface area contributed by atoms with Gasteiger partial charge in [0.15, 0.2) is 11.5 Å². The van der Waals surface area contributed by atoms with Gasteiger partial charge in [0, 0.05) is 20.9 Å². The van der Waals surface area contributed by atoms with Gasteiger partial charge in [-0.1, -0.05) is 15.9 Å². The van der Waals surface area contributed by atoms with Crippen LogP contribution < -0.4 is 9.47 Å². The van der Waals surface area contributed by atoms with E-state index in [2.05, 4.69) is 22.0 Å². The second-order valence-corrected chi connectivity index (χ2v) is 6.52. The maximum atomic E-state index is 11.7. The van der Waals surface area contributed by atoms with Gasteiger partial charge in [-0.05, 0) is 36.4 Å². The molecule has 3 rings (SSSR count). The molecular formula is C19H15BrN2O4. The molecule has 26 heavy (non-hydrogen) atoms. The lowest BCUT2D eigenvalue weighted by Gasteiger charge is -2.15. The largest absolute Gasteiger partial charge is 0.493 e. The first-order valence-corrected chi connectivity index (χ1v) is 8.45. The monoisotopic (exact) mass is 414 g/mol. The quantitative estimate of drug-likeness (QED) is 0.680. The maximum absolute atomic E-state index is 11.7. The number of fused-ring (bicyclic) bond motifs is 1. The fourth-order valence-electron chi connectivity index (χ4n) is 2.98. The maximum Gasteiger partial charge on any atom is 0.352 e. The Kier molecular flexibility index (Phi) is 4.87. The highest BCUT2D eigenvalue weighted by Crippen LogP contribution is 2.36. The summed E-state index contributed by atoms with van der Waals surface area (Å²) < 4.78 is 13.3. The summed E-state index contributed by atoms with van der Waals surface area (Å²) in [5.74, 6) is 0.0557. The third-order valence-corrected chi connectivity index (χ3v) is 4.56. The van der Waals surface area contributed by atoms with Crippen molar-refractivity contribution in [3.8, 4) is 17.6 Å². The van der Waals surface area contributed by atoms with E-state index in [1.54, 1.807) is 49.1 Å². The van der Waals surface area contributed by atoms with E-state index < -0.39 is 5.97 Å². The average Bonchev–Trinajstić information content (AvgIpc) is 2.99. The molecule has 1 N–H and O–H groups in total. The van der Waals surface area contributed by atoms with E-state index >= 15 is 0 Å². The Balaban J connectivity index is 2.20. The molecule has 1 heterocycles. The van der Waals surface area contributed by atoms with Gasteiger partial charge in [-0.3, -0.25) is 0 Å². The highest BCUT2D eigenvalue weighted by molar-refractivity contribution is 9.10. The molecule has 7 heteroatoms. The van der Waals surface area contributed by atoms with Crippen LogP contribution in [0.15, 0.2) is 40.9 Å². The second-order valence-electron chi connectivity index (χ2n) is 5.61. The zero-order chi connectivity index (χ0) is 18.8. The SMILES string of the molecule is COc1cc(Br)cc(Cn2c(C(=O)O)cc3cc(C#N)ccc32)c1OC. The van der Waals surface area contributed by atoms with Gasteiger partial charge in [-0.25, -0.2) is 4.79 Å². The smallest absolute Gasteiger partial charge is 0.352 e. The fourth-order valence-corrected chi connectivity index (χ4v) is 3.47. The van der Waals surface area contributed by atoms with E-state index in [4.69, 9.17) is 14.7 Å². The molecule has 0 spiro atoms. The Morgan fingerprint density at radius 1 is 1.23 bits per heavy atom. The summed E-state index contributed by atoms with van der Waals surface area (Å²) in [7, 11) is 3.09. The summed E-state index contributed by atoms with van der Waals surface area (Å²) in [4.78, 5) is 11.7. The summed E-state index contributed by atoms with van der Waals surface area (Å²) in [5, 5.41) is 19.4. The standard InChI is InChI=1S/C19H15BrN2O4/c1-25-17-8-14(20)6-13(18(17)26-2)10-22-15-4-3-11(9-21)5-12(15)7-16(22)19(23)24/h3-8H,10H2,1-2H3,(H,23,24). The van der Waals surface area contributed by atoms with Gasteiger partial charge in [0.25, 0.3) is 0 Å². The number of carbonyl (C=O) groups is 1. The van der Waals surface area contributed by atoms with E-state index in [0.717, 1.165) is 15.6 Å². The molecule has 0 aliphatic rings. The van der Waals surface area contributed by atoms with E-state index in [1.807, 2.05) is 6.07 Å². The van der Waals surface area contributed by atoms with Crippen molar-refractivity contribution in [1.82, 2.24) is 4.57 Å². The predicted octanol–water partition coefficient (Wildman–Crippen LogP) is 4.04. The summed E-state index contributed by atoms with van der Waals surface area (Å²) in [6.45, 7) is 0.274. The predicted molar refractivity (Wildman–Crippen MR) is 100.0 cm³/mol. The molecule has 0 fully saturated rings. The lowest BCUT2D eigenvalue weighted by atomic mass is 10.1. The third kappa shape index (κ3) is 3.11. The molecule has 0 unspecified atom stereocenters. The highest BCUT2D eigenvalue weighted by atomic mass is 79.9. The summed E-state index contributed by atoms with van der Waals surface area (Å²) in [6.07, 6.45) is 0. The van der Waals surface area contributed by atoms with Crippen LogP contribution in [0.3, 0.4) is 0 Å². The molecular weight excluding hydrogens is 400 g/mol. The van der Waals surface area contributed by atoms with Gasteiger partial charge in [0.05, 0.1) is 32.4 Å². The first-order valence-electron chi connectivity index (χ1n) is 7.65. The molecule has 0 saturated heterocycles. The Bertz CT molecular complexity index is 1050. The number of methoxy groups -OCH3 is 2. The highest BCUT2D eigenvalue weighted by Gasteiger charge is 2.19. The average molecular weight is 415 g/mol. The molecule has 0 radical (unpaired) electrons. The van der Waals surface area contributed by atoms with Gasteiger partial charge in [0.1, 0.15) is 5.69 Å². The Morgan fingerprint density at radius 2 is 2.00 bits per heavy atom. The number of nitrogens with zero attached hydrogens (tertiary/aromatic N) is 2. The van der Waals surface area contributed by atoms with E-state index in [9.17, 15) is 9.90 Å². The number of hydrogen-bond donors (Lipinski definition) is 1. The molecule has 0 atom stereocenters. The second kappa shape index (κ2) is 7.10. The Hall–Kier alpha value is -2.98. The van der Waals surface area contributed by atoms with Crippen molar-refractivity contribution in [1.29, 1.82) is 5.26 Å². The van der Waals surface area contributed by atoms with Crippen LogP contribution in [0.4, 0.5) is 0 Å². The number of halogens is 1. The first-order chi connectivity index (χ1) is 12.5. The van der Waals surface area contributed by atoms with Crippen molar-refractivity contribution in [2.75, 3.05) is 14.2 Å². The van der Waals surface area contributed by atoms with Gasteiger partial charge >= 0.3 is 5.97 Å². The zero-order valence-electron chi connectivity index (χ0n) is 14.1. The van der Waals surface area contributed by atoms with Crippen molar-refractivity contribution < 1.29 is 19.4 Å². The molecule has 3 aromatic rings. The topological polar surface area (TPSA) is 84.5 Å². The minimum Gasteiger partial charge on any atom is -0.493 e. The number of carboxylic acid groups (broad SMARTS) is 1. The molecule has 1 aromatic heterocycles. The van der Waals surface area contributed by atoms with Gasteiger partial charge in [-0.15, -0.1) is 0 Å². The number of benzene rings is 2. The molecule has 0 saturated carbocycles. The van der Waals surface area contributed by atoms with Crippen LogP contribution >= 0.6 is 15.9 Å². The van der Waals surface area contributed by atoms with E-state index in [-0.39, 0.29) is 12.2 Å². The number of rotatable bonds is 5. The summed E-state index contributed by atoms with van der Waals surface area (Å²) >= 11 is 3.44. The number of carboxylic acids is 1. The number of ether oxygens (including phenoxy) is 2. The number of aromatic nitrogens is 1. The number of aromatic carboxylic acids is 1. The van der Waals surface area contributed by atoms with Crippen molar-refractivity contribution >= 4 is 32.8 Å². The van der Waals surface area contributed by atoms with Crippen molar-refractivity contribution in [2.24, 2.45) is 0 Å². The van der Waals surface area contributed by atoms with Gasteiger partial charge in [-0.2, -0.15) is 5.26 Å². The van der Waals surface area contributed by atoms with Crippen molar-refractivity contribution in [2.45, 2.75) is 6.54 Å². The van der Waals surface area contributed by atoms with Crippen molar-refractivity contribution in [3.63, 3.8) is 0 Å². The molecule has 2 aromatic carbocycles. The summed E-state index contributed by atoms with van der Waals surface area (Å²) in [6, 6.07) is 12.4. The Labute approximate surface area is 158 Å². The molecule has 132 valence electrons. The molecule has 6 nitrogen and oxygen atoms in total. The van der Waals surface area contributed by atoms with Crippen LogP contribution in [0.25, 0.3) is 10.9 Å². The lowest BCUT2D eigenvalue weighted by molar-refractivity contribution is 0.0686. The minimum atomic E-state index is -1.04. The number of hydrogen-bond acceptors (Lipinski definition) is 4. The number of nitriles is 1. The molecule has 0 aliphatic carbocycles. The summed E-state index contributed by atoms with van der Waals surface area (Å²) in [5.41, 5.74) is 2.11. The molecule has 0 bridgehead atoms. The lowest BCUT2D eigenvalue weighted by Crippen LogP contribution is -2.10. The zero-order valence-corrected chi connectivity index (χ0v) is 15.7. The van der Waals surface area contributed by atoms with Crippen LogP contribution in [0.5, 0.6) is 11.5 Å². The van der Waals surface area contributed by atoms with E-state index in [1.165, 1.54) is 0 Å². The fraction of sp³-hybridized carbons (Fsp3) is 0.158. The van der Waals surface area contributed by atoms with Gasteiger partial charge < -0.3 is 19.1 Å². The van der Waals surface area contributed by atoms with Crippen molar-refractivity contribution in [3.05, 3.63) is 57.7 Å². The minimum absolute atomic E-state index is 0.135. The van der Waals surface area contributed by atoms with Crippen LogP contribution in [0.1, 0.15) is 21.6 Å². The van der Waals surface area contributed by atoms with Crippen LogP contribution in [0.2, 0.25) is 0 Å². The first kappa shape index (κ1) is 17.8. The van der Waals surface area contributed by atoms with Gasteiger partial charge in [0.2, 0.25) is 0 Å². The normalized spacial score (nSPS) is 10.5. The third-order valence-electron chi connectivity index (χ3n) is 4.10.